The predicted octanol–water partition coefficient (Wildman–Crippen LogP) is 5.01. The topological polar surface area (TPSA) is 50.4 Å². The molecule has 2 aromatic carbocycles. The monoisotopic (exact) mass is 332 g/mol. The molecule has 0 fully saturated rings. The molecule has 114 valence electrons. The second-order valence-electron chi connectivity index (χ2n) is 6.10. The fraction of sp³-hybridized carbons (Fsp3) is 0.235. The number of fused-ring (bicyclic) bond motifs is 1. The fourth-order valence-corrected chi connectivity index (χ4v) is 3.90. The first-order valence-electron chi connectivity index (χ1n) is 6.88. The van der Waals surface area contributed by atoms with Gasteiger partial charge < -0.3 is 9.52 Å². The third kappa shape index (κ3) is 3.05. The van der Waals surface area contributed by atoms with Crippen molar-refractivity contribution in [3.63, 3.8) is 0 Å². The van der Waals surface area contributed by atoms with Crippen LogP contribution in [0, 0.1) is 0 Å². The molecule has 22 heavy (non-hydrogen) atoms. The molecule has 1 N–H and O–H groups in total. The van der Waals surface area contributed by atoms with Crippen LogP contribution in [0.25, 0.3) is 10.3 Å². The lowest BCUT2D eigenvalue weighted by Crippen LogP contribution is -2.10. The highest BCUT2D eigenvalue weighted by atomic mass is 32.2. The molecule has 0 atom stereocenters. The molecule has 0 amide bonds. The fourth-order valence-electron chi connectivity index (χ4n) is 2.16. The summed E-state index contributed by atoms with van der Waals surface area (Å²) in [5.74, 6) is 0.137. The van der Waals surface area contributed by atoms with E-state index in [-0.39, 0.29) is 16.1 Å². The van der Waals surface area contributed by atoms with E-state index in [9.17, 15) is 9.90 Å². The van der Waals surface area contributed by atoms with Crippen molar-refractivity contribution in [2.45, 2.75) is 36.0 Å². The van der Waals surface area contributed by atoms with Gasteiger partial charge in [0, 0.05) is 11.0 Å². The highest BCUT2D eigenvalue weighted by Crippen LogP contribution is 2.37. The van der Waals surface area contributed by atoms with Gasteiger partial charge in [-0.15, -0.1) is 0 Å². The average Bonchev–Trinajstić information content (AvgIpc) is 2.78. The minimum absolute atomic E-state index is 0.113. The Labute approximate surface area is 136 Å². The highest BCUT2D eigenvalue weighted by Gasteiger charge is 2.14. The van der Waals surface area contributed by atoms with Gasteiger partial charge in [-0.25, -0.2) is 4.79 Å². The van der Waals surface area contributed by atoms with Gasteiger partial charge in [-0.1, -0.05) is 56.0 Å². The molecular formula is C17H16O3S2. The zero-order chi connectivity index (χ0) is 15.9. The van der Waals surface area contributed by atoms with Crippen LogP contribution in [-0.2, 0) is 5.41 Å². The molecule has 0 aliphatic rings. The van der Waals surface area contributed by atoms with Crippen molar-refractivity contribution in [1.82, 2.24) is 0 Å². The summed E-state index contributed by atoms with van der Waals surface area (Å²) in [5.41, 5.74) is 1.92. The second kappa shape index (κ2) is 5.48. The van der Waals surface area contributed by atoms with Crippen LogP contribution in [0.4, 0.5) is 0 Å². The maximum atomic E-state index is 11.4. The molecule has 0 unspecified atom stereocenters. The second-order valence-corrected chi connectivity index (χ2v) is 8.19. The summed E-state index contributed by atoms with van der Waals surface area (Å²) in [6, 6.07) is 11.5. The van der Waals surface area contributed by atoms with Crippen LogP contribution in [0.5, 0.6) is 5.75 Å². The van der Waals surface area contributed by atoms with Gasteiger partial charge >= 0.3 is 4.94 Å². The molecule has 0 radical (unpaired) electrons. The van der Waals surface area contributed by atoms with Crippen LogP contribution >= 0.6 is 23.1 Å². The Morgan fingerprint density at radius 1 is 1.14 bits per heavy atom. The Morgan fingerprint density at radius 3 is 2.45 bits per heavy atom. The largest absolute Gasteiger partial charge is 0.508 e. The number of phenols is 1. The lowest BCUT2D eigenvalue weighted by molar-refractivity contribution is 0.474. The molecule has 5 heteroatoms. The molecule has 0 saturated carbocycles. The molecule has 0 saturated heterocycles. The SMILES string of the molecule is CC(C)(C)c1ccc(Sc2cc(O)cc3sc(=O)oc23)cc1. The number of benzene rings is 2. The molecule has 3 aromatic rings. The normalized spacial score (nSPS) is 12.0. The maximum Gasteiger partial charge on any atom is 0.396 e. The summed E-state index contributed by atoms with van der Waals surface area (Å²) >= 11 is 2.48. The molecule has 0 spiro atoms. The number of hydrogen-bond donors (Lipinski definition) is 1. The third-order valence-electron chi connectivity index (χ3n) is 3.33. The smallest absolute Gasteiger partial charge is 0.396 e. The van der Waals surface area contributed by atoms with Crippen molar-refractivity contribution in [2.24, 2.45) is 0 Å². The summed E-state index contributed by atoms with van der Waals surface area (Å²) < 4.78 is 5.90. The van der Waals surface area contributed by atoms with Gasteiger partial charge in [0.05, 0.1) is 9.60 Å². The van der Waals surface area contributed by atoms with Gasteiger partial charge in [-0.2, -0.15) is 0 Å². The molecule has 1 heterocycles. The number of hydrogen-bond acceptors (Lipinski definition) is 5. The van der Waals surface area contributed by atoms with Crippen molar-refractivity contribution >= 4 is 33.4 Å². The van der Waals surface area contributed by atoms with E-state index in [0.29, 0.717) is 10.3 Å². The Bertz CT molecular complexity index is 868. The minimum Gasteiger partial charge on any atom is -0.508 e. The van der Waals surface area contributed by atoms with Crippen LogP contribution in [0.15, 0.2) is 55.4 Å². The van der Waals surface area contributed by atoms with Crippen LogP contribution in [0.1, 0.15) is 26.3 Å². The highest BCUT2D eigenvalue weighted by molar-refractivity contribution is 7.99. The average molecular weight is 332 g/mol. The number of aromatic hydroxyl groups is 1. The van der Waals surface area contributed by atoms with E-state index in [4.69, 9.17) is 4.42 Å². The van der Waals surface area contributed by atoms with E-state index in [0.717, 1.165) is 21.1 Å². The molecule has 0 aliphatic heterocycles. The number of phenolic OH excluding ortho intramolecular Hbond substituents is 1. The van der Waals surface area contributed by atoms with Gasteiger partial charge in [0.15, 0.2) is 5.58 Å². The lowest BCUT2D eigenvalue weighted by Gasteiger charge is -2.19. The number of rotatable bonds is 2. The lowest BCUT2D eigenvalue weighted by atomic mass is 9.87. The molecule has 0 aliphatic carbocycles. The maximum absolute atomic E-state index is 11.4. The summed E-state index contributed by atoms with van der Waals surface area (Å²) in [5, 5.41) is 9.80. The van der Waals surface area contributed by atoms with Crippen LogP contribution in [-0.4, -0.2) is 5.11 Å². The zero-order valence-electron chi connectivity index (χ0n) is 12.5. The van der Waals surface area contributed by atoms with Gasteiger partial charge in [-0.05, 0) is 29.2 Å². The van der Waals surface area contributed by atoms with Crippen molar-refractivity contribution in [1.29, 1.82) is 0 Å². The Kier molecular flexibility index (Phi) is 3.78. The van der Waals surface area contributed by atoms with E-state index in [1.165, 1.54) is 17.3 Å². The Hall–Kier alpha value is -1.72. The van der Waals surface area contributed by atoms with Gasteiger partial charge in [0.1, 0.15) is 5.75 Å². The van der Waals surface area contributed by atoms with Crippen molar-refractivity contribution in [3.8, 4) is 5.75 Å². The van der Waals surface area contributed by atoms with Crippen molar-refractivity contribution in [2.75, 3.05) is 0 Å². The summed E-state index contributed by atoms with van der Waals surface area (Å²) in [6.45, 7) is 6.52. The van der Waals surface area contributed by atoms with E-state index in [1.807, 2.05) is 12.1 Å². The first kappa shape index (κ1) is 15.2. The van der Waals surface area contributed by atoms with Gasteiger partial charge in [0.25, 0.3) is 0 Å². The van der Waals surface area contributed by atoms with Gasteiger partial charge in [0.2, 0.25) is 0 Å². The van der Waals surface area contributed by atoms with Crippen LogP contribution in [0.3, 0.4) is 0 Å². The Morgan fingerprint density at radius 2 is 1.82 bits per heavy atom. The standard InChI is InChI=1S/C17H16O3S2/c1-17(2,3)10-4-6-12(7-5-10)21-13-8-11(18)9-14-15(13)20-16(19)22-14/h4-9,18H,1-3H3. The summed E-state index contributed by atoms with van der Waals surface area (Å²) in [4.78, 5) is 12.8. The molecule has 3 rings (SSSR count). The first-order valence-corrected chi connectivity index (χ1v) is 8.51. The van der Waals surface area contributed by atoms with Crippen molar-refractivity contribution < 1.29 is 9.52 Å². The quantitative estimate of drug-likeness (QED) is 0.717. The molecule has 3 nitrogen and oxygen atoms in total. The molecule has 0 bridgehead atoms. The van der Waals surface area contributed by atoms with E-state index in [1.54, 1.807) is 12.1 Å². The minimum atomic E-state index is -0.356. The Balaban J connectivity index is 1.98. The predicted molar refractivity (Wildman–Crippen MR) is 91.3 cm³/mol. The van der Waals surface area contributed by atoms with Crippen LogP contribution in [0.2, 0.25) is 0 Å². The van der Waals surface area contributed by atoms with Gasteiger partial charge in [-0.3, -0.25) is 0 Å². The van der Waals surface area contributed by atoms with Crippen molar-refractivity contribution in [3.05, 3.63) is 51.7 Å². The molecule has 1 aromatic heterocycles. The molecular weight excluding hydrogens is 316 g/mol. The van der Waals surface area contributed by atoms with E-state index >= 15 is 0 Å². The summed E-state index contributed by atoms with van der Waals surface area (Å²) in [6.07, 6.45) is 0. The zero-order valence-corrected chi connectivity index (χ0v) is 14.2. The van der Waals surface area contributed by atoms with E-state index < -0.39 is 0 Å². The first-order chi connectivity index (χ1) is 10.3. The van der Waals surface area contributed by atoms with Crippen LogP contribution < -0.4 is 4.94 Å². The van der Waals surface area contributed by atoms with E-state index in [2.05, 4.69) is 32.9 Å². The summed E-state index contributed by atoms with van der Waals surface area (Å²) in [7, 11) is 0. The third-order valence-corrected chi connectivity index (χ3v) is 5.14.